The van der Waals surface area contributed by atoms with E-state index < -0.39 is 6.08 Å². The third-order valence-corrected chi connectivity index (χ3v) is 4.76. The molecular formula is C20H20FN5O2. The molecule has 1 aliphatic rings. The van der Waals surface area contributed by atoms with Gasteiger partial charge < -0.3 is 19.8 Å². The SMILES string of the molecule is C#Cc1cc2c(cc1Cc1nc3c(N)nc(F)nc3n1CCCCC)OCO2. The number of imidazole rings is 1. The van der Waals surface area contributed by atoms with Crippen molar-refractivity contribution in [1.29, 1.82) is 0 Å². The Labute approximate surface area is 161 Å². The summed E-state index contributed by atoms with van der Waals surface area (Å²) in [4.78, 5) is 12.1. The van der Waals surface area contributed by atoms with Crippen LogP contribution in [0, 0.1) is 18.4 Å². The highest BCUT2D eigenvalue weighted by Gasteiger charge is 2.21. The summed E-state index contributed by atoms with van der Waals surface area (Å²) >= 11 is 0. The number of hydrogen-bond donors (Lipinski definition) is 1. The van der Waals surface area contributed by atoms with Crippen molar-refractivity contribution in [3.63, 3.8) is 0 Å². The van der Waals surface area contributed by atoms with Crippen LogP contribution in [0.1, 0.15) is 43.1 Å². The van der Waals surface area contributed by atoms with Crippen LogP contribution in [-0.4, -0.2) is 26.3 Å². The van der Waals surface area contributed by atoms with E-state index in [1.807, 2.05) is 10.6 Å². The zero-order chi connectivity index (χ0) is 19.7. The molecule has 0 fully saturated rings. The van der Waals surface area contributed by atoms with E-state index in [9.17, 15) is 4.39 Å². The van der Waals surface area contributed by atoms with Crippen LogP contribution < -0.4 is 15.2 Å². The smallest absolute Gasteiger partial charge is 0.312 e. The quantitative estimate of drug-likeness (QED) is 0.401. The Bertz CT molecular complexity index is 1090. The zero-order valence-corrected chi connectivity index (χ0v) is 15.5. The number of nitrogens with zero attached hydrogens (tertiary/aromatic N) is 4. The summed E-state index contributed by atoms with van der Waals surface area (Å²) in [6.07, 6.45) is 8.29. The summed E-state index contributed by atoms with van der Waals surface area (Å²) in [5.74, 6) is 4.69. The van der Waals surface area contributed by atoms with Gasteiger partial charge in [0.1, 0.15) is 5.82 Å². The maximum absolute atomic E-state index is 13.8. The Kier molecular flexibility index (Phi) is 4.74. The molecule has 2 aromatic heterocycles. The molecule has 0 spiro atoms. The van der Waals surface area contributed by atoms with Crippen molar-refractivity contribution in [1.82, 2.24) is 19.5 Å². The first-order chi connectivity index (χ1) is 13.6. The van der Waals surface area contributed by atoms with E-state index in [1.54, 1.807) is 6.07 Å². The molecule has 7 nitrogen and oxygen atoms in total. The average molecular weight is 381 g/mol. The minimum atomic E-state index is -0.861. The van der Waals surface area contributed by atoms with Gasteiger partial charge in [0.2, 0.25) is 6.79 Å². The van der Waals surface area contributed by atoms with Crippen LogP contribution in [0.3, 0.4) is 0 Å². The number of terminal acetylenes is 1. The van der Waals surface area contributed by atoms with E-state index in [0.29, 0.717) is 47.0 Å². The molecule has 3 heterocycles. The molecule has 8 heteroatoms. The number of nitrogens with two attached hydrogens (primary N) is 1. The number of nitrogen functional groups attached to an aromatic ring is 1. The second kappa shape index (κ2) is 7.35. The molecule has 0 aliphatic carbocycles. The van der Waals surface area contributed by atoms with Crippen molar-refractivity contribution in [3.05, 3.63) is 35.2 Å². The van der Waals surface area contributed by atoms with Gasteiger partial charge in [0.05, 0.1) is 0 Å². The molecule has 3 aromatic rings. The lowest BCUT2D eigenvalue weighted by Crippen LogP contribution is -2.07. The van der Waals surface area contributed by atoms with Crippen molar-refractivity contribution < 1.29 is 13.9 Å². The highest BCUT2D eigenvalue weighted by molar-refractivity contribution is 5.82. The molecule has 0 radical (unpaired) electrons. The summed E-state index contributed by atoms with van der Waals surface area (Å²) in [6.45, 7) is 2.95. The van der Waals surface area contributed by atoms with Gasteiger partial charge in [-0.1, -0.05) is 25.7 Å². The summed E-state index contributed by atoms with van der Waals surface area (Å²) in [6, 6.07) is 3.65. The van der Waals surface area contributed by atoms with E-state index >= 15 is 0 Å². The van der Waals surface area contributed by atoms with Gasteiger partial charge in [-0.3, -0.25) is 0 Å². The number of benzene rings is 1. The van der Waals surface area contributed by atoms with E-state index in [-0.39, 0.29) is 12.6 Å². The van der Waals surface area contributed by atoms with Gasteiger partial charge in [-0.25, -0.2) is 4.98 Å². The van der Waals surface area contributed by atoms with E-state index in [0.717, 1.165) is 24.8 Å². The summed E-state index contributed by atoms with van der Waals surface area (Å²) in [7, 11) is 0. The lowest BCUT2D eigenvalue weighted by Gasteiger charge is -2.10. The first kappa shape index (κ1) is 18.0. The lowest BCUT2D eigenvalue weighted by molar-refractivity contribution is 0.174. The Morgan fingerprint density at radius 2 is 2.00 bits per heavy atom. The maximum Gasteiger partial charge on any atom is 0.312 e. The minimum Gasteiger partial charge on any atom is -0.454 e. The Morgan fingerprint density at radius 1 is 1.21 bits per heavy atom. The average Bonchev–Trinajstić information content (AvgIpc) is 3.26. The van der Waals surface area contributed by atoms with Gasteiger partial charge in [-0.05, 0) is 18.1 Å². The number of aromatic nitrogens is 4. The van der Waals surface area contributed by atoms with Crippen LogP contribution in [0.4, 0.5) is 10.2 Å². The van der Waals surface area contributed by atoms with Crippen molar-refractivity contribution in [2.24, 2.45) is 0 Å². The van der Waals surface area contributed by atoms with Gasteiger partial charge in [0.15, 0.2) is 28.5 Å². The molecule has 0 saturated heterocycles. The highest BCUT2D eigenvalue weighted by Crippen LogP contribution is 2.35. The molecule has 144 valence electrons. The number of anilines is 1. The van der Waals surface area contributed by atoms with Crippen LogP contribution in [-0.2, 0) is 13.0 Å². The van der Waals surface area contributed by atoms with E-state index in [2.05, 4.69) is 27.8 Å². The first-order valence-corrected chi connectivity index (χ1v) is 9.18. The number of fused-ring (bicyclic) bond motifs is 2. The normalized spacial score (nSPS) is 12.5. The molecule has 1 aromatic carbocycles. The van der Waals surface area contributed by atoms with Gasteiger partial charge >= 0.3 is 6.08 Å². The summed E-state index contributed by atoms with van der Waals surface area (Å²) in [5.41, 5.74) is 8.24. The molecule has 28 heavy (non-hydrogen) atoms. The molecule has 1 aliphatic heterocycles. The highest BCUT2D eigenvalue weighted by atomic mass is 19.1. The zero-order valence-electron chi connectivity index (χ0n) is 15.5. The molecule has 0 unspecified atom stereocenters. The first-order valence-electron chi connectivity index (χ1n) is 9.18. The van der Waals surface area contributed by atoms with Gasteiger partial charge in [-0.15, -0.1) is 6.42 Å². The number of unbranched alkanes of at least 4 members (excludes halogenated alkanes) is 2. The van der Waals surface area contributed by atoms with Gasteiger partial charge in [0.25, 0.3) is 0 Å². The van der Waals surface area contributed by atoms with Crippen LogP contribution >= 0.6 is 0 Å². The molecule has 4 rings (SSSR count). The number of hydrogen-bond acceptors (Lipinski definition) is 6. The largest absolute Gasteiger partial charge is 0.454 e. The van der Waals surface area contributed by atoms with Crippen molar-refractivity contribution >= 4 is 17.0 Å². The molecule has 0 atom stereocenters. The fourth-order valence-corrected chi connectivity index (χ4v) is 3.36. The standard InChI is InChI=1S/C20H20FN5O2/c1-3-5-6-7-26-16(23-17-18(22)24-20(21)25-19(17)26)10-13-9-15-14(27-11-28-15)8-12(13)4-2/h2,8-9H,3,5-7,10-11H2,1H3,(H2,22,24,25). The van der Waals surface area contributed by atoms with E-state index in [4.69, 9.17) is 21.6 Å². The van der Waals surface area contributed by atoms with Crippen LogP contribution in [0.5, 0.6) is 11.5 Å². The molecule has 0 bridgehead atoms. The second-order valence-electron chi connectivity index (χ2n) is 6.62. The van der Waals surface area contributed by atoms with Crippen molar-refractivity contribution in [3.8, 4) is 23.8 Å². The molecule has 2 N–H and O–H groups in total. The lowest BCUT2D eigenvalue weighted by atomic mass is 10.0. The van der Waals surface area contributed by atoms with Crippen molar-refractivity contribution in [2.45, 2.75) is 39.2 Å². The number of aryl methyl sites for hydroxylation is 1. The predicted molar refractivity (Wildman–Crippen MR) is 103 cm³/mol. The van der Waals surface area contributed by atoms with Gasteiger partial charge in [0, 0.05) is 24.6 Å². The third-order valence-electron chi connectivity index (χ3n) is 4.76. The monoisotopic (exact) mass is 381 g/mol. The topological polar surface area (TPSA) is 88.1 Å². The Hall–Kier alpha value is -3.34. The fraction of sp³-hybridized carbons (Fsp3) is 0.350. The minimum absolute atomic E-state index is 0.0286. The van der Waals surface area contributed by atoms with Crippen LogP contribution in [0.25, 0.3) is 11.2 Å². The summed E-state index contributed by atoms with van der Waals surface area (Å²) < 4.78 is 26.5. The van der Waals surface area contributed by atoms with E-state index in [1.165, 1.54) is 0 Å². The predicted octanol–water partition coefficient (Wildman–Crippen LogP) is 3.04. The van der Waals surface area contributed by atoms with Crippen LogP contribution in [0.15, 0.2) is 12.1 Å². The molecular weight excluding hydrogens is 361 g/mol. The number of ether oxygens (including phenoxy) is 2. The number of rotatable bonds is 6. The van der Waals surface area contributed by atoms with Crippen LogP contribution in [0.2, 0.25) is 0 Å². The Balaban J connectivity index is 1.79. The Morgan fingerprint density at radius 3 is 2.75 bits per heavy atom. The van der Waals surface area contributed by atoms with Crippen molar-refractivity contribution in [2.75, 3.05) is 12.5 Å². The molecule has 0 amide bonds. The maximum atomic E-state index is 13.8. The van der Waals surface area contributed by atoms with Gasteiger partial charge in [-0.2, -0.15) is 14.4 Å². The summed E-state index contributed by atoms with van der Waals surface area (Å²) in [5, 5.41) is 0. The second-order valence-corrected chi connectivity index (χ2v) is 6.62. The fourth-order valence-electron chi connectivity index (χ4n) is 3.36. The molecule has 0 saturated carbocycles. The third kappa shape index (κ3) is 3.20. The number of halogens is 1.